The predicted molar refractivity (Wildman–Crippen MR) is 267 cm³/mol. The topological polar surface area (TPSA) is 8.17 Å². The minimum absolute atomic E-state index is 0.0407. The highest BCUT2D eigenvalue weighted by molar-refractivity contribution is 6.10. The standard InChI is InChI=1S/C61H44N2/c1-61(2)54-28-9-6-23-50(54)53-40-45(35-38-55(53)61)44-21-14-22-47(39-44)62(58-31-12-13-32-59(58)63-56-29-10-7-24-51(56)52-25-8-11-30-57(52)63)46-36-33-42(34-37-46)49-27-16-20-43-19-15-26-48(60(43)49)41-17-4-3-5-18-41/h3-40H,1-2H3. The fourth-order valence-corrected chi connectivity index (χ4v) is 10.4. The molecule has 2 heteroatoms. The van der Waals surface area contributed by atoms with Crippen molar-refractivity contribution < 1.29 is 0 Å². The zero-order valence-electron chi connectivity index (χ0n) is 35.3. The van der Waals surface area contributed by atoms with Gasteiger partial charge >= 0.3 is 0 Å². The number of hydrogen-bond acceptors (Lipinski definition) is 1. The molecule has 0 radical (unpaired) electrons. The summed E-state index contributed by atoms with van der Waals surface area (Å²) in [6.07, 6.45) is 0. The molecule has 2 nitrogen and oxygen atoms in total. The fourth-order valence-electron chi connectivity index (χ4n) is 10.4. The molecule has 0 N–H and O–H groups in total. The summed E-state index contributed by atoms with van der Waals surface area (Å²) in [5.41, 5.74) is 19.4. The molecule has 63 heavy (non-hydrogen) atoms. The van der Waals surface area contributed by atoms with Crippen molar-refractivity contribution in [3.63, 3.8) is 0 Å². The molecule has 0 saturated heterocycles. The van der Waals surface area contributed by atoms with E-state index in [2.05, 4.69) is 254 Å². The lowest BCUT2D eigenvalue weighted by Gasteiger charge is -2.29. The molecule has 0 amide bonds. The van der Waals surface area contributed by atoms with Gasteiger partial charge in [-0.2, -0.15) is 0 Å². The SMILES string of the molecule is CC1(C)c2ccccc2-c2cc(-c3cccc(N(c4ccc(-c5cccc6cccc(-c7ccccc7)c56)cc4)c4ccccc4-n4c5ccccc5c5ccccc54)c3)ccc21. The van der Waals surface area contributed by atoms with Gasteiger partial charge in [0, 0.05) is 27.6 Å². The first-order valence-corrected chi connectivity index (χ1v) is 21.9. The van der Waals surface area contributed by atoms with Crippen molar-refractivity contribution in [3.05, 3.63) is 242 Å². The van der Waals surface area contributed by atoms with Crippen molar-refractivity contribution in [2.75, 3.05) is 4.90 Å². The van der Waals surface area contributed by atoms with Gasteiger partial charge in [-0.25, -0.2) is 0 Å². The number of fused-ring (bicyclic) bond motifs is 7. The number of nitrogens with zero attached hydrogens (tertiary/aromatic N) is 2. The molecular weight excluding hydrogens is 761 g/mol. The number of para-hydroxylation sites is 4. The highest BCUT2D eigenvalue weighted by Gasteiger charge is 2.35. The first kappa shape index (κ1) is 36.9. The van der Waals surface area contributed by atoms with Crippen LogP contribution in [0.15, 0.2) is 231 Å². The Kier molecular flexibility index (Phi) is 8.55. The van der Waals surface area contributed by atoms with E-state index in [1.54, 1.807) is 0 Å². The molecule has 10 aromatic carbocycles. The average Bonchev–Trinajstić information content (AvgIpc) is 3.80. The first-order chi connectivity index (χ1) is 31.0. The quantitative estimate of drug-likeness (QED) is 0.156. The summed E-state index contributed by atoms with van der Waals surface area (Å²) in [5.74, 6) is 0. The van der Waals surface area contributed by atoms with E-state index in [9.17, 15) is 0 Å². The van der Waals surface area contributed by atoms with E-state index in [0.29, 0.717) is 0 Å². The van der Waals surface area contributed by atoms with E-state index < -0.39 is 0 Å². The number of benzene rings is 10. The maximum atomic E-state index is 2.44. The van der Waals surface area contributed by atoms with E-state index in [4.69, 9.17) is 0 Å². The van der Waals surface area contributed by atoms with Gasteiger partial charge in [0.1, 0.15) is 0 Å². The summed E-state index contributed by atoms with van der Waals surface area (Å²) in [6, 6.07) is 84.7. The minimum atomic E-state index is -0.0407. The number of rotatable bonds is 7. The van der Waals surface area contributed by atoms with Crippen LogP contribution in [0.25, 0.3) is 82.8 Å². The van der Waals surface area contributed by atoms with Crippen LogP contribution in [0.3, 0.4) is 0 Å². The van der Waals surface area contributed by atoms with Crippen LogP contribution in [-0.2, 0) is 5.41 Å². The third-order valence-electron chi connectivity index (χ3n) is 13.4. The molecule has 12 rings (SSSR count). The molecule has 0 unspecified atom stereocenters. The van der Waals surface area contributed by atoms with Crippen LogP contribution in [0.1, 0.15) is 25.0 Å². The molecule has 0 saturated carbocycles. The van der Waals surface area contributed by atoms with Crippen LogP contribution in [-0.4, -0.2) is 4.57 Å². The summed E-state index contributed by atoms with van der Waals surface area (Å²) in [5, 5.41) is 4.98. The van der Waals surface area contributed by atoms with Gasteiger partial charge in [0.15, 0.2) is 0 Å². The zero-order chi connectivity index (χ0) is 42.1. The first-order valence-electron chi connectivity index (χ1n) is 21.9. The van der Waals surface area contributed by atoms with Crippen LogP contribution < -0.4 is 4.90 Å². The summed E-state index contributed by atoms with van der Waals surface area (Å²) < 4.78 is 2.44. The minimum Gasteiger partial charge on any atom is -0.308 e. The van der Waals surface area contributed by atoms with Gasteiger partial charge in [-0.1, -0.05) is 190 Å². The van der Waals surface area contributed by atoms with Crippen LogP contribution >= 0.6 is 0 Å². The van der Waals surface area contributed by atoms with Crippen molar-refractivity contribution in [1.82, 2.24) is 4.57 Å². The normalized spacial score (nSPS) is 12.7. The van der Waals surface area contributed by atoms with Gasteiger partial charge in [-0.05, 0) is 121 Å². The predicted octanol–water partition coefficient (Wildman–Crippen LogP) is 16.7. The Labute approximate surface area is 368 Å². The molecule has 0 atom stereocenters. The number of anilines is 3. The van der Waals surface area contributed by atoms with Crippen molar-refractivity contribution in [3.8, 4) is 50.2 Å². The Morgan fingerprint density at radius 3 is 1.65 bits per heavy atom. The third-order valence-corrected chi connectivity index (χ3v) is 13.4. The molecule has 1 aliphatic carbocycles. The van der Waals surface area contributed by atoms with E-state index in [1.807, 2.05) is 0 Å². The highest BCUT2D eigenvalue weighted by atomic mass is 15.2. The smallest absolute Gasteiger partial charge is 0.0702 e. The molecule has 298 valence electrons. The van der Waals surface area contributed by atoms with Crippen molar-refractivity contribution >= 4 is 49.6 Å². The molecule has 0 bridgehead atoms. The van der Waals surface area contributed by atoms with E-state index in [1.165, 1.54) is 88.2 Å². The molecule has 1 aliphatic rings. The zero-order valence-corrected chi connectivity index (χ0v) is 35.3. The molecule has 0 spiro atoms. The van der Waals surface area contributed by atoms with Crippen LogP contribution in [0.5, 0.6) is 0 Å². The monoisotopic (exact) mass is 804 g/mol. The Bertz CT molecular complexity index is 3480. The van der Waals surface area contributed by atoms with Gasteiger partial charge in [0.2, 0.25) is 0 Å². The Morgan fingerprint density at radius 2 is 0.905 bits per heavy atom. The summed E-state index contributed by atoms with van der Waals surface area (Å²) in [7, 11) is 0. The lowest BCUT2D eigenvalue weighted by Crippen LogP contribution is -2.14. The number of hydrogen-bond donors (Lipinski definition) is 0. The lowest BCUT2D eigenvalue weighted by molar-refractivity contribution is 0.660. The average molecular weight is 805 g/mol. The molecule has 1 heterocycles. The Hall–Kier alpha value is -7.94. The van der Waals surface area contributed by atoms with Crippen molar-refractivity contribution in [2.45, 2.75) is 19.3 Å². The number of aromatic nitrogens is 1. The summed E-state index contributed by atoms with van der Waals surface area (Å²) in [4.78, 5) is 2.44. The largest absolute Gasteiger partial charge is 0.308 e. The maximum Gasteiger partial charge on any atom is 0.0702 e. The van der Waals surface area contributed by atoms with Crippen molar-refractivity contribution in [2.24, 2.45) is 0 Å². The van der Waals surface area contributed by atoms with Gasteiger partial charge in [0.05, 0.1) is 22.4 Å². The van der Waals surface area contributed by atoms with E-state index >= 15 is 0 Å². The van der Waals surface area contributed by atoms with Gasteiger partial charge in [-0.15, -0.1) is 0 Å². The Morgan fingerprint density at radius 1 is 0.365 bits per heavy atom. The molecular formula is C61H44N2. The van der Waals surface area contributed by atoms with E-state index in [0.717, 1.165) is 22.7 Å². The second kappa shape index (κ2) is 14.6. The van der Waals surface area contributed by atoms with Crippen LogP contribution in [0.4, 0.5) is 17.1 Å². The molecule has 11 aromatic rings. The summed E-state index contributed by atoms with van der Waals surface area (Å²) >= 11 is 0. The second-order valence-electron chi connectivity index (χ2n) is 17.3. The van der Waals surface area contributed by atoms with Gasteiger partial charge in [-0.3, -0.25) is 0 Å². The fraction of sp³-hybridized carbons (Fsp3) is 0.0492. The van der Waals surface area contributed by atoms with Gasteiger partial charge in [0.25, 0.3) is 0 Å². The Balaban J connectivity index is 1.04. The van der Waals surface area contributed by atoms with Crippen LogP contribution in [0, 0.1) is 0 Å². The molecule has 0 fully saturated rings. The second-order valence-corrected chi connectivity index (χ2v) is 17.3. The third kappa shape index (κ3) is 5.94. The highest BCUT2D eigenvalue weighted by Crippen LogP contribution is 2.50. The molecule has 0 aliphatic heterocycles. The molecule has 1 aromatic heterocycles. The summed E-state index contributed by atoms with van der Waals surface area (Å²) in [6.45, 7) is 4.69. The maximum absolute atomic E-state index is 2.44. The lowest BCUT2D eigenvalue weighted by atomic mass is 9.82. The van der Waals surface area contributed by atoms with Crippen LogP contribution in [0.2, 0.25) is 0 Å². The van der Waals surface area contributed by atoms with Crippen molar-refractivity contribution in [1.29, 1.82) is 0 Å². The van der Waals surface area contributed by atoms with Gasteiger partial charge < -0.3 is 9.47 Å². The van der Waals surface area contributed by atoms with E-state index in [-0.39, 0.29) is 5.41 Å².